The van der Waals surface area contributed by atoms with Gasteiger partial charge < -0.3 is 10.2 Å². The summed E-state index contributed by atoms with van der Waals surface area (Å²) < 4.78 is 15.1. The average Bonchev–Trinajstić information content (AvgIpc) is 3.45. The molecule has 8 nitrogen and oxygen atoms in total. The van der Waals surface area contributed by atoms with Gasteiger partial charge in [0.05, 0.1) is 16.6 Å². The van der Waals surface area contributed by atoms with E-state index < -0.39 is 34.7 Å². The fourth-order valence-corrected chi connectivity index (χ4v) is 8.58. The lowest BCUT2D eigenvalue weighted by Crippen LogP contribution is -2.33. The van der Waals surface area contributed by atoms with Gasteiger partial charge in [0.2, 0.25) is 17.7 Å². The summed E-state index contributed by atoms with van der Waals surface area (Å²) >= 11 is 2.15. The van der Waals surface area contributed by atoms with Crippen LogP contribution in [0.25, 0.3) is 0 Å². The van der Waals surface area contributed by atoms with Crippen molar-refractivity contribution in [1.82, 2.24) is 4.57 Å². The second-order valence-electron chi connectivity index (χ2n) is 10.3. The molecule has 1 N–H and O–H groups in total. The van der Waals surface area contributed by atoms with Crippen LogP contribution in [0.15, 0.2) is 88.7 Å². The smallest absolute Gasteiger partial charge is 0.308 e. The van der Waals surface area contributed by atoms with Crippen LogP contribution in [0.1, 0.15) is 30.2 Å². The van der Waals surface area contributed by atoms with Crippen molar-refractivity contribution in [3.05, 3.63) is 105 Å². The Morgan fingerprint density at radius 1 is 0.907 bits per heavy atom. The van der Waals surface area contributed by atoms with Crippen LogP contribution < -0.4 is 20.0 Å². The molecule has 3 heterocycles. The molecule has 1 saturated heterocycles. The summed E-state index contributed by atoms with van der Waals surface area (Å²) in [5.74, 6) is -3.03. The first-order valence-corrected chi connectivity index (χ1v) is 15.7. The minimum absolute atomic E-state index is 0.235. The number of para-hydroxylation sites is 1. The standard InChI is InChI=1S/C32H29FN4O4S2/c1-3-35(4-2)22-14-10-19(11-15-22)25-26-27(30(40)37(29(26)39)23-16-12-20(33)13-17-23)42-31-28(25)43-32(41)36(31)18-24(38)34-21-8-6-5-7-9-21/h5-17,25-27H,3-4,18H2,1-2H3,(H,34,38). The number of fused-ring (bicyclic) bond motifs is 2. The highest BCUT2D eigenvalue weighted by molar-refractivity contribution is 8.00. The number of rotatable bonds is 8. The molecule has 3 unspecified atom stereocenters. The zero-order chi connectivity index (χ0) is 30.2. The minimum atomic E-state index is -0.824. The normalized spacial score (nSPS) is 19.2. The first kappa shape index (κ1) is 28.9. The molecule has 2 aliphatic rings. The maximum absolute atomic E-state index is 14.0. The van der Waals surface area contributed by atoms with Crippen molar-refractivity contribution >= 4 is 57.9 Å². The number of carbonyl (C=O) groups is 3. The summed E-state index contributed by atoms with van der Waals surface area (Å²) in [6.07, 6.45) is 0. The lowest BCUT2D eigenvalue weighted by atomic mass is 9.83. The van der Waals surface area contributed by atoms with Crippen LogP contribution >= 0.6 is 23.1 Å². The van der Waals surface area contributed by atoms with E-state index in [4.69, 9.17) is 0 Å². The third-order valence-electron chi connectivity index (χ3n) is 7.87. The highest BCUT2D eigenvalue weighted by atomic mass is 32.2. The van der Waals surface area contributed by atoms with Crippen molar-refractivity contribution in [1.29, 1.82) is 0 Å². The number of anilines is 3. The minimum Gasteiger partial charge on any atom is -0.372 e. The molecule has 3 aromatic carbocycles. The van der Waals surface area contributed by atoms with Gasteiger partial charge in [-0.2, -0.15) is 0 Å². The van der Waals surface area contributed by atoms with Crippen molar-refractivity contribution in [2.24, 2.45) is 5.92 Å². The van der Waals surface area contributed by atoms with E-state index in [0.29, 0.717) is 21.3 Å². The maximum Gasteiger partial charge on any atom is 0.308 e. The molecular weight excluding hydrogens is 588 g/mol. The molecule has 6 rings (SSSR count). The molecule has 1 fully saturated rings. The summed E-state index contributed by atoms with van der Waals surface area (Å²) in [5.41, 5.74) is 2.73. The summed E-state index contributed by atoms with van der Waals surface area (Å²) in [5, 5.41) is 2.50. The largest absolute Gasteiger partial charge is 0.372 e. The number of thioether (sulfide) groups is 1. The number of nitrogens with one attached hydrogen (secondary N) is 1. The van der Waals surface area contributed by atoms with E-state index in [1.165, 1.54) is 28.8 Å². The molecular formula is C32H29FN4O4S2. The van der Waals surface area contributed by atoms with E-state index in [0.717, 1.165) is 52.3 Å². The predicted molar refractivity (Wildman–Crippen MR) is 168 cm³/mol. The molecule has 11 heteroatoms. The fraction of sp³-hybridized carbons (Fsp3) is 0.250. The van der Waals surface area contributed by atoms with Gasteiger partial charge in [0.1, 0.15) is 17.6 Å². The summed E-state index contributed by atoms with van der Waals surface area (Å²) in [4.78, 5) is 57.9. The zero-order valence-corrected chi connectivity index (χ0v) is 25.2. The van der Waals surface area contributed by atoms with E-state index in [1.54, 1.807) is 24.3 Å². The molecule has 0 radical (unpaired) electrons. The zero-order valence-electron chi connectivity index (χ0n) is 23.5. The van der Waals surface area contributed by atoms with Gasteiger partial charge in [-0.1, -0.05) is 53.4 Å². The molecule has 43 heavy (non-hydrogen) atoms. The number of carbonyl (C=O) groups excluding carboxylic acids is 3. The van der Waals surface area contributed by atoms with E-state index in [9.17, 15) is 23.6 Å². The Hall–Kier alpha value is -4.22. The van der Waals surface area contributed by atoms with Crippen LogP contribution in [0.3, 0.4) is 0 Å². The quantitative estimate of drug-likeness (QED) is 0.269. The molecule has 220 valence electrons. The second kappa shape index (κ2) is 11.8. The van der Waals surface area contributed by atoms with Crippen LogP contribution in [-0.2, 0) is 20.9 Å². The number of thiazole rings is 1. The third-order valence-corrected chi connectivity index (χ3v) is 10.5. The number of amides is 3. The van der Waals surface area contributed by atoms with Crippen LogP contribution in [0.5, 0.6) is 0 Å². The van der Waals surface area contributed by atoms with Gasteiger partial charge in [0.25, 0.3) is 0 Å². The van der Waals surface area contributed by atoms with Crippen molar-refractivity contribution in [3.8, 4) is 0 Å². The Morgan fingerprint density at radius 3 is 2.23 bits per heavy atom. The highest BCUT2D eigenvalue weighted by Crippen LogP contribution is 2.54. The van der Waals surface area contributed by atoms with E-state index >= 15 is 0 Å². The first-order chi connectivity index (χ1) is 20.8. The summed E-state index contributed by atoms with van der Waals surface area (Å²) in [7, 11) is 0. The van der Waals surface area contributed by atoms with Crippen molar-refractivity contribution < 1.29 is 18.8 Å². The fourth-order valence-electron chi connectivity index (χ4n) is 5.81. The number of imide groups is 1. The number of hydrogen-bond acceptors (Lipinski definition) is 7. The number of halogens is 1. The lowest BCUT2D eigenvalue weighted by Gasteiger charge is -2.31. The van der Waals surface area contributed by atoms with Gasteiger partial charge in [-0.25, -0.2) is 9.29 Å². The molecule has 0 saturated carbocycles. The molecule has 4 aromatic rings. The van der Waals surface area contributed by atoms with Crippen LogP contribution in [0.4, 0.5) is 21.5 Å². The molecule has 0 spiro atoms. The average molecular weight is 617 g/mol. The van der Waals surface area contributed by atoms with Crippen LogP contribution in [-0.4, -0.2) is 40.6 Å². The monoisotopic (exact) mass is 616 g/mol. The van der Waals surface area contributed by atoms with E-state index in [-0.39, 0.29) is 17.3 Å². The van der Waals surface area contributed by atoms with Gasteiger partial charge >= 0.3 is 4.87 Å². The number of hydrogen-bond donors (Lipinski definition) is 1. The molecule has 3 atom stereocenters. The van der Waals surface area contributed by atoms with Gasteiger partial charge in [-0.05, 0) is 67.9 Å². The van der Waals surface area contributed by atoms with E-state index in [1.807, 2.05) is 30.3 Å². The summed E-state index contributed by atoms with van der Waals surface area (Å²) in [6, 6.07) is 22.1. The number of benzene rings is 3. The number of nitrogens with zero attached hydrogens (tertiary/aromatic N) is 3. The Morgan fingerprint density at radius 2 is 1.58 bits per heavy atom. The lowest BCUT2D eigenvalue weighted by molar-refractivity contribution is -0.122. The molecule has 0 bridgehead atoms. The van der Waals surface area contributed by atoms with Crippen LogP contribution in [0.2, 0.25) is 0 Å². The molecule has 3 amide bonds. The number of aromatic nitrogens is 1. The first-order valence-electron chi connectivity index (χ1n) is 14.0. The topological polar surface area (TPSA) is 91.7 Å². The summed E-state index contributed by atoms with van der Waals surface area (Å²) in [6.45, 7) is 5.59. The second-order valence-corrected chi connectivity index (χ2v) is 12.5. The Balaban J connectivity index is 1.42. The maximum atomic E-state index is 14.0. The Kier molecular flexibility index (Phi) is 7.93. The van der Waals surface area contributed by atoms with Crippen molar-refractivity contribution in [2.75, 3.05) is 28.2 Å². The molecule has 0 aliphatic carbocycles. The van der Waals surface area contributed by atoms with Crippen molar-refractivity contribution in [2.45, 2.75) is 36.6 Å². The van der Waals surface area contributed by atoms with Crippen molar-refractivity contribution in [3.63, 3.8) is 0 Å². The van der Waals surface area contributed by atoms with Gasteiger partial charge in [0.15, 0.2) is 0 Å². The van der Waals surface area contributed by atoms with E-state index in [2.05, 4.69) is 24.1 Å². The molecule has 1 aromatic heterocycles. The third kappa shape index (κ3) is 5.27. The Labute approximate surface area is 256 Å². The molecule has 2 aliphatic heterocycles. The van der Waals surface area contributed by atoms with Gasteiger partial charge in [0, 0.05) is 35.3 Å². The van der Waals surface area contributed by atoms with Crippen LogP contribution in [0, 0.1) is 11.7 Å². The van der Waals surface area contributed by atoms with Gasteiger partial charge in [-0.3, -0.25) is 23.7 Å². The SMILES string of the molecule is CCN(CC)c1ccc(C2c3sc(=O)n(CC(=O)Nc4ccccc4)c3SC3C(=O)N(c4ccc(F)cc4)C(=O)C32)cc1. The van der Waals surface area contributed by atoms with Gasteiger partial charge in [-0.15, -0.1) is 0 Å². The predicted octanol–water partition coefficient (Wildman–Crippen LogP) is 5.33. The highest BCUT2D eigenvalue weighted by Gasteiger charge is 2.56. The Bertz CT molecular complexity index is 1730.